The average molecular weight is 385 g/mol. The molecule has 0 unspecified atom stereocenters. The van der Waals surface area contributed by atoms with Crippen molar-refractivity contribution in [1.82, 2.24) is 10.2 Å². The molecule has 1 fully saturated rings. The molecular weight excluding hydrogens is 356 g/mol. The van der Waals surface area contributed by atoms with E-state index in [1.165, 1.54) is 16.7 Å². The van der Waals surface area contributed by atoms with E-state index in [-0.39, 0.29) is 5.91 Å². The summed E-state index contributed by atoms with van der Waals surface area (Å²) in [5.74, 6) is 1.90. The van der Waals surface area contributed by atoms with E-state index in [4.69, 9.17) is 4.74 Å². The zero-order valence-corrected chi connectivity index (χ0v) is 16.8. The molecule has 0 radical (unpaired) electrons. The number of thioether (sulfide) groups is 1. The van der Waals surface area contributed by atoms with Gasteiger partial charge in [-0.05, 0) is 30.2 Å². The van der Waals surface area contributed by atoms with E-state index in [0.717, 1.165) is 49.9 Å². The first-order chi connectivity index (χ1) is 13.2. The molecule has 27 heavy (non-hydrogen) atoms. The van der Waals surface area contributed by atoms with E-state index in [9.17, 15) is 4.79 Å². The zero-order chi connectivity index (χ0) is 18.9. The minimum Gasteiger partial charge on any atom is -0.379 e. The van der Waals surface area contributed by atoms with Crippen LogP contribution in [0.25, 0.3) is 0 Å². The number of aryl methyl sites for hydroxylation is 1. The lowest BCUT2D eigenvalue weighted by Crippen LogP contribution is -2.35. The molecule has 0 saturated carbocycles. The van der Waals surface area contributed by atoms with E-state index >= 15 is 0 Å². The summed E-state index contributed by atoms with van der Waals surface area (Å²) in [5.41, 5.74) is 4.53. The predicted molar refractivity (Wildman–Crippen MR) is 112 cm³/mol. The number of amides is 1. The predicted octanol–water partition coefficient (Wildman–Crippen LogP) is 3.49. The molecule has 0 aromatic heterocycles. The summed E-state index contributed by atoms with van der Waals surface area (Å²) < 4.78 is 5.39. The molecule has 1 aliphatic heterocycles. The molecule has 1 amide bonds. The standard InChI is InChI=1S/C22H28N2O2S/c1-18-5-7-19(8-6-18)17-27-14-9-23-22(25)21-4-2-3-20(15-21)16-24-10-12-26-13-11-24/h2-8,15H,9-14,16-17H2,1H3,(H,23,25). The van der Waals surface area contributed by atoms with Gasteiger partial charge in [0.1, 0.15) is 0 Å². The quantitative estimate of drug-likeness (QED) is 0.708. The van der Waals surface area contributed by atoms with Crippen molar-refractivity contribution in [2.24, 2.45) is 0 Å². The van der Waals surface area contributed by atoms with Gasteiger partial charge in [0.05, 0.1) is 13.2 Å². The van der Waals surface area contributed by atoms with Crippen molar-refractivity contribution in [2.75, 3.05) is 38.6 Å². The van der Waals surface area contributed by atoms with Gasteiger partial charge in [-0.3, -0.25) is 9.69 Å². The van der Waals surface area contributed by atoms with Crippen molar-refractivity contribution in [3.63, 3.8) is 0 Å². The van der Waals surface area contributed by atoms with Crippen LogP contribution in [0.2, 0.25) is 0 Å². The van der Waals surface area contributed by atoms with Crippen molar-refractivity contribution in [1.29, 1.82) is 0 Å². The largest absolute Gasteiger partial charge is 0.379 e. The van der Waals surface area contributed by atoms with Gasteiger partial charge < -0.3 is 10.1 Å². The number of rotatable bonds is 8. The summed E-state index contributed by atoms with van der Waals surface area (Å²) in [7, 11) is 0. The van der Waals surface area contributed by atoms with E-state index in [2.05, 4.69) is 47.5 Å². The highest BCUT2D eigenvalue weighted by molar-refractivity contribution is 7.98. The van der Waals surface area contributed by atoms with Crippen LogP contribution in [-0.4, -0.2) is 49.4 Å². The molecule has 144 valence electrons. The second kappa shape index (κ2) is 10.5. The Morgan fingerprint density at radius 3 is 2.67 bits per heavy atom. The Hall–Kier alpha value is -1.82. The summed E-state index contributed by atoms with van der Waals surface area (Å²) in [6.45, 7) is 7.15. The average Bonchev–Trinajstić information content (AvgIpc) is 2.70. The van der Waals surface area contributed by atoms with Crippen LogP contribution in [0.3, 0.4) is 0 Å². The SMILES string of the molecule is Cc1ccc(CSCCNC(=O)c2cccc(CN3CCOCC3)c2)cc1. The second-order valence-electron chi connectivity index (χ2n) is 6.88. The number of benzene rings is 2. The van der Waals surface area contributed by atoms with Gasteiger partial charge in [-0.15, -0.1) is 0 Å². The van der Waals surface area contributed by atoms with Crippen molar-refractivity contribution in [3.8, 4) is 0 Å². The maximum absolute atomic E-state index is 12.4. The molecule has 5 heteroatoms. The summed E-state index contributed by atoms with van der Waals surface area (Å²) in [5, 5.41) is 3.03. The molecule has 1 saturated heterocycles. The lowest BCUT2D eigenvalue weighted by atomic mass is 10.1. The Kier molecular flexibility index (Phi) is 7.75. The van der Waals surface area contributed by atoms with Crippen LogP contribution < -0.4 is 5.32 Å². The molecule has 2 aromatic rings. The third-order valence-corrected chi connectivity index (χ3v) is 5.65. The van der Waals surface area contributed by atoms with Gasteiger partial charge in [0.15, 0.2) is 0 Å². The maximum atomic E-state index is 12.4. The van der Waals surface area contributed by atoms with E-state index in [1.54, 1.807) is 0 Å². The van der Waals surface area contributed by atoms with E-state index in [0.29, 0.717) is 6.54 Å². The van der Waals surface area contributed by atoms with Gasteiger partial charge in [0, 0.05) is 43.2 Å². The third kappa shape index (κ3) is 6.69. The van der Waals surface area contributed by atoms with Crippen molar-refractivity contribution in [3.05, 3.63) is 70.8 Å². The minimum absolute atomic E-state index is 0.00904. The monoisotopic (exact) mass is 384 g/mol. The van der Waals surface area contributed by atoms with Gasteiger partial charge in [-0.1, -0.05) is 42.0 Å². The lowest BCUT2D eigenvalue weighted by Gasteiger charge is -2.26. The number of ether oxygens (including phenoxy) is 1. The minimum atomic E-state index is 0.00904. The number of morpholine rings is 1. The number of hydrogen-bond acceptors (Lipinski definition) is 4. The van der Waals surface area contributed by atoms with E-state index in [1.807, 2.05) is 30.0 Å². The summed E-state index contributed by atoms with van der Waals surface area (Å²) in [4.78, 5) is 14.8. The van der Waals surface area contributed by atoms with Crippen LogP contribution in [0, 0.1) is 6.92 Å². The molecule has 0 spiro atoms. The number of hydrogen-bond donors (Lipinski definition) is 1. The fraction of sp³-hybridized carbons (Fsp3) is 0.409. The Labute approximate surface area is 166 Å². The lowest BCUT2D eigenvalue weighted by molar-refractivity contribution is 0.0342. The van der Waals surface area contributed by atoms with Gasteiger partial charge in [-0.2, -0.15) is 11.8 Å². The van der Waals surface area contributed by atoms with Crippen LogP contribution in [0.15, 0.2) is 48.5 Å². The molecule has 1 N–H and O–H groups in total. The first kappa shape index (κ1) is 19.9. The van der Waals surface area contributed by atoms with Crippen LogP contribution in [-0.2, 0) is 17.0 Å². The zero-order valence-electron chi connectivity index (χ0n) is 15.9. The fourth-order valence-electron chi connectivity index (χ4n) is 3.04. The molecule has 4 nitrogen and oxygen atoms in total. The van der Waals surface area contributed by atoms with E-state index < -0.39 is 0 Å². The number of nitrogens with one attached hydrogen (secondary N) is 1. The van der Waals surface area contributed by atoms with Crippen LogP contribution in [0.1, 0.15) is 27.0 Å². The van der Waals surface area contributed by atoms with Crippen molar-refractivity contribution >= 4 is 17.7 Å². The highest BCUT2D eigenvalue weighted by Gasteiger charge is 2.12. The van der Waals surface area contributed by atoms with Crippen LogP contribution in [0.5, 0.6) is 0 Å². The Morgan fingerprint density at radius 1 is 1.11 bits per heavy atom. The fourth-order valence-corrected chi connectivity index (χ4v) is 3.86. The van der Waals surface area contributed by atoms with Crippen LogP contribution in [0.4, 0.5) is 0 Å². The molecule has 3 rings (SSSR count). The second-order valence-corrected chi connectivity index (χ2v) is 7.99. The summed E-state index contributed by atoms with van der Waals surface area (Å²) >= 11 is 1.84. The highest BCUT2D eigenvalue weighted by atomic mass is 32.2. The van der Waals surface area contributed by atoms with Crippen molar-refractivity contribution in [2.45, 2.75) is 19.2 Å². The molecule has 0 bridgehead atoms. The summed E-state index contributed by atoms with van der Waals surface area (Å²) in [6, 6.07) is 16.6. The van der Waals surface area contributed by atoms with Crippen molar-refractivity contribution < 1.29 is 9.53 Å². The first-order valence-electron chi connectivity index (χ1n) is 9.51. The third-order valence-electron chi connectivity index (χ3n) is 4.62. The topological polar surface area (TPSA) is 41.6 Å². The Balaban J connectivity index is 1.39. The molecule has 2 aromatic carbocycles. The first-order valence-corrected chi connectivity index (χ1v) is 10.7. The number of carbonyl (C=O) groups is 1. The number of carbonyl (C=O) groups excluding carboxylic acids is 1. The smallest absolute Gasteiger partial charge is 0.251 e. The molecule has 0 atom stereocenters. The molecular formula is C22H28N2O2S. The van der Waals surface area contributed by atoms with Gasteiger partial charge in [0.25, 0.3) is 5.91 Å². The molecule has 1 heterocycles. The van der Waals surface area contributed by atoms with Gasteiger partial charge >= 0.3 is 0 Å². The molecule has 0 aliphatic carbocycles. The van der Waals surface area contributed by atoms with Gasteiger partial charge in [-0.25, -0.2) is 0 Å². The maximum Gasteiger partial charge on any atom is 0.251 e. The van der Waals surface area contributed by atoms with Crippen LogP contribution >= 0.6 is 11.8 Å². The van der Waals surface area contributed by atoms with Gasteiger partial charge in [0.2, 0.25) is 0 Å². The Bertz CT molecular complexity index is 727. The highest BCUT2D eigenvalue weighted by Crippen LogP contribution is 2.13. The normalized spacial score (nSPS) is 14.9. The number of nitrogens with zero attached hydrogens (tertiary/aromatic N) is 1. The molecule has 1 aliphatic rings. The summed E-state index contributed by atoms with van der Waals surface area (Å²) in [6.07, 6.45) is 0. The Morgan fingerprint density at radius 2 is 1.89 bits per heavy atom.